The van der Waals surface area contributed by atoms with E-state index < -0.39 is 29.3 Å². The highest BCUT2D eigenvalue weighted by atomic mass is 16.6. The summed E-state index contributed by atoms with van der Waals surface area (Å²) in [5, 5.41) is 5.63. The van der Waals surface area contributed by atoms with Crippen molar-refractivity contribution in [1.82, 2.24) is 24.7 Å². The summed E-state index contributed by atoms with van der Waals surface area (Å²) in [6.07, 6.45) is 0.826. The number of ether oxygens (including phenoxy) is 4. The number of nitrogens with one attached hydrogen (secondary N) is 2. The second-order valence-corrected chi connectivity index (χ2v) is 18.1. The number of imidazole rings is 1. The summed E-state index contributed by atoms with van der Waals surface area (Å²) in [6.45, 7) is 16.8. The molecule has 2 heterocycles. The molecule has 17 heteroatoms. The third-order valence-electron chi connectivity index (χ3n) is 10.5. The van der Waals surface area contributed by atoms with Crippen LogP contribution >= 0.6 is 0 Å². The predicted molar refractivity (Wildman–Crippen MR) is 251 cm³/mol. The molecule has 0 atom stereocenters. The van der Waals surface area contributed by atoms with Crippen LogP contribution in [-0.4, -0.2) is 135 Å². The number of amides is 3. The molecule has 1 aromatic heterocycles. The fourth-order valence-corrected chi connectivity index (χ4v) is 7.12. The molecule has 4 aromatic rings. The van der Waals surface area contributed by atoms with Crippen molar-refractivity contribution in [2.45, 2.75) is 78.9 Å². The average molecular weight is 897 g/mol. The number of para-hydroxylation sites is 1. The van der Waals surface area contributed by atoms with E-state index in [1.54, 1.807) is 84.8 Å². The number of rotatable bonds is 16. The van der Waals surface area contributed by atoms with Crippen molar-refractivity contribution in [3.63, 3.8) is 0 Å². The van der Waals surface area contributed by atoms with Gasteiger partial charge in [-0.05, 0) is 123 Å². The summed E-state index contributed by atoms with van der Waals surface area (Å²) >= 11 is 0. The zero-order valence-electron chi connectivity index (χ0n) is 39.6. The number of methoxy groups -OCH3 is 1. The first-order valence-electron chi connectivity index (χ1n) is 21.8. The molecule has 1 aliphatic heterocycles. The Hall–Kier alpha value is -6.58. The molecule has 0 aliphatic carbocycles. The molecule has 1 saturated heterocycles. The summed E-state index contributed by atoms with van der Waals surface area (Å²) in [5.74, 6) is 2.17. The maximum Gasteiger partial charge on any atom is 0.421 e. The van der Waals surface area contributed by atoms with E-state index in [0.717, 1.165) is 38.2 Å². The van der Waals surface area contributed by atoms with E-state index in [9.17, 15) is 24.0 Å². The fraction of sp³-hybridized carbons (Fsp3) is 0.479. The number of hydrogen-bond donors (Lipinski definition) is 2. The minimum Gasteiger partial charge on any atom is -0.496 e. The van der Waals surface area contributed by atoms with Gasteiger partial charge in [0.1, 0.15) is 34.2 Å². The van der Waals surface area contributed by atoms with Crippen molar-refractivity contribution in [2.75, 3.05) is 89.2 Å². The van der Waals surface area contributed by atoms with Gasteiger partial charge in [-0.3, -0.25) is 9.59 Å². The van der Waals surface area contributed by atoms with Gasteiger partial charge in [0.15, 0.2) is 0 Å². The SMILES string of the molecule is COc1cc(C(=O)N(C)c2ccc(C)cc2OCCCCC(=C=O)N2CCN(C)CC2)ccc1C(=O)Nc1cccc2c1nc(N(C)CCNC(=O)OC(C)(C)C)n2C(=O)OC(C)(C)C. The monoisotopic (exact) mass is 896 g/mol. The third-order valence-corrected chi connectivity index (χ3v) is 10.5. The Labute approximate surface area is 381 Å². The molecule has 17 nitrogen and oxygen atoms in total. The maximum absolute atomic E-state index is 14.0. The van der Waals surface area contributed by atoms with Crippen LogP contribution in [0.1, 0.15) is 87.1 Å². The van der Waals surface area contributed by atoms with Crippen LogP contribution in [0.25, 0.3) is 11.0 Å². The number of carbonyl (C=O) groups is 4. The molecule has 65 heavy (non-hydrogen) atoms. The zero-order valence-corrected chi connectivity index (χ0v) is 39.6. The maximum atomic E-state index is 14.0. The molecule has 3 aromatic carbocycles. The first-order chi connectivity index (χ1) is 30.7. The standard InChI is InChI=1S/C48H64N8O9/c1-32-18-21-37(40(29-32)63-28-13-12-15-34(31-57)55-26-24-52(8)25-27-55)54(10)43(59)33-19-20-35(39(30-33)62-11)42(58)50-36-16-14-17-38-41(36)51-44(56(38)46(61)65-48(5,6)7)53(9)23-22-49-45(60)64-47(2,3)4/h14,16-21,29-30H,12-13,15,22-28H2,1-11H3,(H,49,60)(H,50,58). The smallest absolute Gasteiger partial charge is 0.421 e. The number of anilines is 3. The van der Waals surface area contributed by atoms with Gasteiger partial charge in [-0.1, -0.05) is 12.1 Å². The Bertz CT molecular complexity index is 2400. The number of likely N-dealkylation sites (N-methyl/N-ethyl adjacent to an activating group) is 2. The summed E-state index contributed by atoms with van der Waals surface area (Å²) in [6, 6.07) is 15.2. The zero-order chi connectivity index (χ0) is 47.6. The van der Waals surface area contributed by atoms with Crippen molar-refractivity contribution in [1.29, 1.82) is 0 Å². The Morgan fingerprint density at radius 1 is 0.877 bits per heavy atom. The van der Waals surface area contributed by atoms with Crippen LogP contribution in [0, 0.1) is 6.92 Å². The number of benzene rings is 3. The van der Waals surface area contributed by atoms with Crippen molar-refractivity contribution in [3.8, 4) is 11.5 Å². The average Bonchev–Trinajstić information content (AvgIpc) is 3.64. The number of piperazine rings is 1. The summed E-state index contributed by atoms with van der Waals surface area (Å²) in [5.41, 5.74) is 2.16. The number of alkyl carbamates (subject to hydrolysis) is 1. The second-order valence-electron chi connectivity index (χ2n) is 18.1. The molecule has 0 bridgehead atoms. The van der Waals surface area contributed by atoms with Gasteiger partial charge in [-0.15, -0.1) is 0 Å². The molecule has 2 N–H and O–H groups in total. The number of fused-ring (bicyclic) bond motifs is 1. The molecule has 1 aliphatic rings. The topological polar surface area (TPSA) is 177 Å². The second kappa shape index (κ2) is 21.4. The lowest BCUT2D eigenvalue weighted by atomic mass is 10.1. The van der Waals surface area contributed by atoms with Crippen LogP contribution in [-0.2, 0) is 14.3 Å². The van der Waals surface area contributed by atoms with E-state index in [4.69, 9.17) is 23.9 Å². The molecular formula is C48H64N8O9. The minimum atomic E-state index is -0.824. The van der Waals surface area contributed by atoms with Crippen LogP contribution in [0.2, 0.25) is 0 Å². The summed E-state index contributed by atoms with van der Waals surface area (Å²) in [4.78, 5) is 78.0. The van der Waals surface area contributed by atoms with E-state index >= 15 is 0 Å². The number of unbranched alkanes of at least 4 members (excludes halogenated alkanes) is 1. The van der Waals surface area contributed by atoms with Crippen LogP contribution in [0.4, 0.5) is 26.9 Å². The first-order valence-corrected chi connectivity index (χ1v) is 21.8. The van der Waals surface area contributed by atoms with Crippen molar-refractivity contribution < 1.29 is 42.9 Å². The number of aromatic nitrogens is 2. The fourth-order valence-electron chi connectivity index (χ4n) is 7.12. The third kappa shape index (κ3) is 13.2. The number of carbonyl (C=O) groups excluding carboxylic acids is 5. The van der Waals surface area contributed by atoms with Crippen molar-refractivity contribution in [2.24, 2.45) is 0 Å². The number of aryl methyl sites for hydroxylation is 1. The largest absolute Gasteiger partial charge is 0.496 e. The lowest BCUT2D eigenvalue weighted by Crippen LogP contribution is -2.44. The molecule has 5 rings (SSSR count). The van der Waals surface area contributed by atoms with Crippen LogP contribution in [0.5, 0.6) is 11.5 Å². The highest BCUT2D eigenvalue weighted by Crippen LogP contribution is 2.33. The molecule has 0 unspecified atom stereocenters. The van der Waals surface area contributed by atoms with Gasteiger partial charge in [0, 0.05) is 58.9 Å². The predicted octanol–water partition coefficient (Wildman–Crippen LogP) is 7.14. The molecule has 0 spiro atoms. The van der Waals surface area contributed by atoms with E-state index in [-0.39, 0.29) is 41.8 Å². The lowest BCUT2D eigenvalue weighted by molar-refractivity contribution is 0.0520. The molecule has 0 radical (unpaired) electrons. The number of allylic oxidation sites excluding steroid dienone is 1. The molecular weight excluding hydrogens is 833 g/mol. The van der Waals surface area contributed by atoms with Crippen molar-refractivity contribution >= 4 is 58.3 Å². The van der Waals surface area contributed by atoms with Gasteiger partial charge in [0.05, 0.1) is 41.9 Å². The van der Waals surface area contributed by atoms with Gasteiger partial charge >= 0.3 is 12.2 Å². The van der Waals surface area contributed by atoms with E-state index in [0.29, 0.717) is 53.3 Å². The lowest BCUT2D eigenvalue weighted by Gasteiger charge is -2.34. The highest BCUT2D eigenvalue weighted by Gasteiger charge is 2.28. The summed E-state index contributed by atoms with van der Waals surface area (Å²) < 4.78 is 24.3. The van der Waals surface area contributed by atoms with Gasteiger partial charge in [0.25, 0.3) is 11.8 Å². The van der Waals surface area contributed by atoms with Crippen molar-refractivity contribution in [3.05, 3.63) is 77.0 Å². The molecule has 1 fully saturated rings. The normalized spacial score (nSPS) is 13.1. The van der Waals surface area contributed by atoms with Gasteiger partial charge in [-0.2, -0.15) is 0 Å². The minimum absolute atomic E-state index is 0.153. The van der Waals surface area contributed by atoms with Crippen LogP contribution in [0.3, 0.4) is 0 Å². The summed E-state index contributed by atoms with van der Waals surface area (Å²) in [7, 11) is 6.87. The molecule has 0 saturated carbocycles. The van der Waals surface area contributed by atoms with Gasteiger partial charge < -0.3 is 49.2 Å². The first kappa shape index (κ1) is 49.4. The van der Waals surface area contributed by atoms with E-state index in [1.165, 1.54) is 28.7 Å². The van der Waals surface area contributed by atoms with Crippen LogP contribution < -0.4 is 29.9 Å². The number of hydrogen-bond acceptors (Lipinski definition) is 13. The van der Waals surface area contributed by atoms with Crippen LogP contribution in [0.15, 0.2) is 60.3 Å². The Morgan fingerprint density at radius 3 is 2.25 bits per heavy atom. The quantitative estimate of drug-likeness (QED) is 0.0858. The number of nitrogens with zero attached hydrogens (tertiary/aromatic N) is 6. The molecule has 3 amide bonds. The molecule has 350 valence electrons. The Morgan fingerprint density at radius 2 is 1.58 bits per heavy atom. The van der Waals surface area contributed by atoms with E-state index in [1.807, 2.05) is 25.1 Å². The van der Waals surface area contributed by atoms with Gasteiger partial charge in [-0.25, -0.2) is 23.9 Å². The van der Waals surface area contributed by atoms with E-state index in [2.05, 4.69) is 33.4 Å². The van der Waals surface area contributed by atoms with Gasteiger partial charge in [0.2, 0.25) is 5.95 Å². The highest BCUT2D eigenvalue weighted by molar-refractivity contribution is 6.12. The Balaban J connectivity index is 1.30. The Kier molecular flexibility index (Phi) is 16.3.